The molecule has 2 aromatic carbocycles. The van der Waals surface area contributed by atoms with E-state index < -0.39 is 0 Å². The molecular weight excluding hydrogens is 323 g/mol. The number of ether oxygens (including phenoxy) is 1. The van der Waals surface area contributed by atoms with Gasteiger partial charge in [-0.3, -0.25) is 9.59 Å². The Morgan fingerprint density at radius 2 is 1.92 bits per heavy atom. The first-order valence-electron chi connectivity index (χ1n) is 8.06. The highest BCUT2D eigenvalue weighted by atomic mass is 19.1. The van der Waals surface area contributed by atoms with Crippen LogP contribution in [0.15, 0.2) is 48.5 Å². The molecule has 0 aliphatic carbocycles. The molecular formula is C19H19FN2O3. The van der Waals surface area contributed by atoms with Crippen molar-refractivity contribution >= 4 is 17.5 Å². The summed E-state index contributed by atoms with van der Waals surface area (Å²) in [5, 5.41) is 0. The van der Waals surface area contributed by atoms with Crippen LogP contribution in [0, 0.1) is 5.82 Å². The predicted octanol–water partition coefficient (Wildman–Crippen LogP) is 2.60. The third-order valence-electron chi connectivity index (χ3n) is 4.15. The van der Waals surface area contributed by atoms with Crippen LogP contribution in [-0.4, -0.2) is 36.9 Å². The molecule has 0 fully saturated rings. The van der Waals surface area contributed by atoms with E-state index in [9.17, 15) is 14.0 Å². The van der Waals surface area contributed by atoms with E-state index in [0.717, 1.165) is 0 Å². The third kappa shape index (κ3) is 3.79. The Hall–Kier alpha value is -2.89. The summed E-state index contributed by atoms with van der Waals surface area (Å²) in [5.41, 5.74) is 1.13. The highest BCUT2D eigenvalue weighted by Gasteiger charge is 2.25. The lowest BCUT2D eigenvalue weighted by Crippen LogP contribution is -2.41. The van der Waals surface area contributed by atoms with Gasteiger partial charge in [0.25, 0.3) is 5.91 Å². The summed E-state index contributed by atoms with van der Waals surface area (Å²) in [7, 11) is 1.63. The van der Waals surface area contributed by atoms with Gasteiger partial charge in [0.1, 0.15) is 11.6 Å². The molecule has 3 rings (SSSR count). The minimum Gasteiger partial charge on any atom is -0.482 e. The van der Waals surface area contributed by atoms with E-state index in [1.807, 2.05) is 12.1 Å². The number of hydrogen-bond acceptors (Lipinski definition) is 3. The van der Waals surface area contributed by atoms with E-state index in [-0.39, 0.29) is 43.7 Å². The number of nitrogens with zero attached hydrogens (tertiary/aromatic N) is 2. The predicted molar refractivity (Wildman–Crippen MR) is 91.8 cm³/mol. The fourth-order valence-electron chi connectivity index (χ4n) is 2.77. The number of amides is 2. The number of anilines is 1. The van der Waals surface area contributed by atoms with E-state index in [0.29, 0.717) is 17.0 Å². The van der Waals surface area contributed by atoms with Gasteiger partial charge in [-0.25, -0.2) is 4.39 Å². The van der Waals surface area contributed by atoms with Crippen molar-refractivity contribution in [3.05, 3.63) is 59.9 Å². The summed E-state index contributed by atoms with van der Waals surface area (Å²) in [6.07, 6.45) is 0.158. The number of fused-ring (bicyclic) bond motifs is 1. The van der Waals surface area contributed by atoms with Crippen molar-refractivity contribution in [1.82, 2.24) is 4.90 Å². The topological polar surface area (TPSA) is 49.9 Å². The fraction of sp³-hybridized carbons (Fsp3) is 0.263. The van der Waals surface area contributed by atoms with Gasteiger partial charge in [0, 0.05) is 32.1 Å². The Labute approximate surface area is 145 Å². The molecule has 0 N–H and O–H groups in total. The van der Waals surface area contributed by atoms with E-state index in [2.05, 4.69) is 0 Å². The van der Waals surface area contributed by atoms with Gasteiger partial charge in [0.2, 0.25) is 5.91 Å². The van der Waals surface area contributed by atoms with Crippen molar-refractivity contribution in [2.45, 2.75) is 13.0 Å². The Balaban J connectivity index is 1.62. The quantitative estimate of drug-likeness (QED) is 0.839. The van der Waals surface area contributed by atoms with Crippen LogP contribution in [0.4, 0.5) is 10.1 Å². The first-order chi connectivity index (χ1) is 12.1. The zero-order valence-electron chi connectivity index (χ0n) is 13.9. The maximum absolute atomic E-state index is 13.7. The van der Waals surface area contributed by atoms with Crippen molar-refractivity contribution in [3.63, 3.8) is 0 Å². The van der Waals surface area contributed by atoms with Crippen LogP contribution in [-0.2, 0) is 16.1 Å². The zero-order chi connectivity index (χ0) is 17.8. The van der Waals surface area contributed by atoms with Crippen LogP contribution in [0.5, 0.6) is 5.75 Å². The molecule has 5 nitrogen and oxygen atoms in total. The number of rotatable bonds is 5. The van der Waals surface area contributed by atoms with Gasteiger partial charge >= 0.3 is 0 Å². The third-order valence-corrected chi connectivity index (χ3v) is 4.15. The molecule has 0 aromatic heterocycles. The molecule has 1 aliphatic rings. The van der Waals surface area contributed by atoms with Crippen LogP contribution in [0.3, 0.4) is 0 Å². The molecule has 1 heterocycles. The average Bonchev–Trinajstić information content (AvgIpc) is 2.62. The molecule has 0 spiro atoms. The number of carbonyl (C=O) groups excluding carboxylic acids is 2. The second-order valence-electron chi connectivity index (χ2n) is 5.89. The molecule has 0 unspecified atom stereocenters. The second kappa shape index (κ2) is 7.34. The van der Waals surface area contributed by atoms with Gasteiger partial charge in [-0.1, -0.05) is 30.3 Å². The highest BCUT2D eigenvalue weighted by Crippen LogP contribution is 2.31. The minimum absolute atomic E-state index is 0.0315. The molecule has 0 bridgehead atoms. The summed E-state index contributed by atoms with van der Waals surface area (Å²) >= 11 is 0. The number of benzene rings is 2. The molecule has 2 amide bonds. The van der Waals surface area contributed by atoms with E-state index in [4.69, 9.17) is 4.74 Å². The Morgan fingerprint density at radius 1 is 1.20 bits per heavy atom. The summed E-state index contributed by atoms with van der Waals surface area (Å²) in [5.74, 6) is -0.0306. The Morgan fingerprint density at radius 3 is 2.72 bits per heavy atom. The van der Waals surface area contributed by atoms with Crippen molar-refractivity contribution in [3.8, 4) is 5.75 Å². The summed E-state index contributed by atoms with van der Waals surface area (Å²) < 4.78 is 19.1. The minimum atomic E-state index is -0.334. The lowest BCUT2D eigenvalue weighted by atomic mass is 10.2. The van der Waals surface area contributed by atoms with Gasteiger partial charge in [-0.2, -0.15) is 0 Å². The molecule has 25 heavy (non-hydrogen) atoms. The lowest BCUT2D eigenvalue weighted by molar-refractivity contribution is -0.130. The largest absolute Gasteiger partial charge is 0.482 e. The van der Waals surface area contributed by atoms with E-state index in [1.54, 1.807) is 42.3 Å². The van der Waals surface area contributed by atoms with Gasteiger partial charge in [0.15, 0.2) is 6.61 Å². The normalized spacial score (nSPS) is 13.2. The first-order valence-corrected chi connectivity index (χ1v) is 8.06. The van der Waals surface area contributed by atoms with Crippen LogP contribution in [0.1, 0.15) is 12.0 Å². The number of hydrogen-bond donors (Lipinski definition) is 0. The molecule has 0 saturated carbocycles. The van der Waals surface area contributed by atoms with Gasteiger partial charge in [0.05, 0.1) is 5.69 Å². The van der Waals surface area contributed by atoms with Crippen LogP contribution in [0.25, 0.3) is 0 Å². The molecule has 0 saturated heterocycles. The fourth-order valence-corrected chi connectivity index (χ4v) is 2.77. The van der Waals surface area contributed by atoms with Crippen molar-refractivity contribution in [2.75, 3.05) is 25.1 Å². The van der Waals surface area contributed by atoms with Crippen LogP contribution in [0.2, 0.25) is 0 Å². The lowest BCUT2D eigenvalue weighted by Gasteiger charge is -2.29. The molecule has 0 atom stereocenters. The molecule has 1 aliphatic heterocycles. The summed E-state index contributed by atoms with van der Waals surface area (Å²) in [6, 6.07) is 13.6. The van der Waals surface area contributed by atoms with Crippen molar-refractivity contribution in [2.24, 2.45) is 0 Å². The summed E-state index contributed by atoms with van der Waals surface area (Å²) in [6.45, 7) is 0.426. The first kappa shape index (κ1) is 17.0. The van der Waals surface area contributed by atoms with Crippen LogP contribution >= 0.6 is 0 Å². The smallest absolute Gasteiger partial charge is 0.265 e. The molecule has 0 radical (unpaired) electrons. The SMILES string of the molecule is CN(Cc1ccccc1F)C(=O)CCN1C(=O)COc2ccccc21. The van der Waals surface area contributed by atoms with Crippen molar-refractivity contribution < 1.29 is 18.7 Å². The standard InChI is InChI=1S/C19H19FN2O3/c1-21(12-14-6-2-3-7-15(14)20)18(23)10-11-22-16-8-4-5-9-17(16)25-13-19(22)24/h2-9H,10-13H2,1H3. The zero-order valence-corrected chi connectivity index (χ0v) is 13.9. The maximum Gasteiger partial charge on any atom is 0.265 e. The number of para-hydroxylation sites is 2. The maximum atomic E-state index is 13.7. The van der Waals surface area contributed by atoms with Gasteiger partial charge < -0.3 is 14.5 Å². The van der Waals surface area contributed by atoms with Crippen LogP contribution < -0.4 is 9.64 Å². The number of carbonyl (C=O) groups is 2. The molecule has 6 heteroatoms. The molecule has 2 aromatic rings. The van der Waals surface area contributed by atoms with E-state index in [1.165, 1.54) is 11.0 Å². The van der Waals surface area contributed by atoms with Crippen molar-refractivity contribution in [1.29, 1.82) is 0 Å². The van der Waals surface area contributed by atoms with Gasteiger partial charge in [-0.05, 0) is 18.2 Å². The molecule has 130 valence electrons. The van der Waals surface area contributed by atoms with Gasteiger partial charge in [-0.15, -0.1) is 0 Å². The summed E-state index contributed by atoms with van der Waals surface area (Å²) in [4.78, 5) is 27.5. The Bertz CT molecular complexity index is 794. The monoisotopic (exact) mass is 342 g/mol. The average molecular weight is 342 g/mol. The number of halogens is 1. The highest BCUT2D eigenvalue weighted by molar-refractivity contribution is 5.98. The second-order valence-corrected chi connectivity index (χ2v) is 5.89. The van der Waals surface area contributed by atoms with E-state index >= 15 is 0 Å². The Kier molecular flexibility index (Phi) is 4.97.